The third kappa shape index (κ3) is 126. The van der Waals surface area contributed by atoms with Crippen molar-refractivity contribution in [3.05, 3.63) is 0 Å². The van der Waals surface area contributed by atoms with Gasteiger partial charge in [-0.3, -0.25) is 54.8 Å². The zero-order valence-corrected chi connectivity index (χ0v) is 40.5. The van der Waals surface area contributed by atoms with Crippen molar-refractivity contribution in [3.8, 4) is 0 Å². The monoisotopic (exact) mass is 1160 g/mol. The molecule has 0 unspecified atom stereocenters. The third-order valence-electron chi connectivity index (χ3n) is 2.85. The number of hydrogen-bond acceptors (Lipinski definition) is 15. The largest absolute Gasteiger partial charge is 0.337 e. The molecule has 0 aromatic heterocycles. The fraction of sp³-hybridized carbons (Fsp3) is 1.00. The molecule has 0 fully saturated rings. The number of nitrogens with one attached hydrogen (secondary N) is 1. The summed E-state index contributed by atoms with van der Waals surface area (Å²) in [6, 6.07) is 0. The van der Waals surface area contributed by atoms with Crippen LogP contribution in [0.1, 0.15) is 0 Å². The van der Waals surface area contributed by atoms with Crippen LogP contribution in [-0.4, -0.2) is 179 Å². The van der Waals surface area contributed by atoms with Gasteiger partial charge in [-0.25, -0.2) is 0 Å². The highest BCUT2D eigenvalue weighted by Gasteiger charge is 2.30. The third-order valence-corrected chi connectivity index (χ3v) is 20.5. The SMILES string of the molecule is NCCNCCN.O=P(O)(O)CP(=O)(O)O.O=P(O)(O)CP(=O)(O)O.O=P(O)(O)CP(=O)(O)O.O=P(O)(O)CP(=O)(O)O.O=P(O)(O)CP(=O)(O)O.O=P(O)(O)CP(=O)(O)O. The summed E-state index contributed by atoms with van der Waals surface area (Å²) in [4.78, 5) is 191. The van der Waals surface area contributed by atoms with Gasteiger partial charge < -0.3 is 134 Å². The van der Waals surface area contributed by atoms with Crippen LogP contribution in [0.2, 0.25) is 0 Å². The Kier molecular flexibility index (Phi) is 39.9. The molecule has 61 heavy (non-hydrogen) atoms. The molecule has 380 valence electrons. The molecule has 0 saturated carbocycles. The molecule has 51 heteroatoms. The molecule has 0 spiro atoms. The molecular weight excluding hydrogens is 1110 g/mol. The first-order chi connectivity index (χ1) is 25.7. The van der Waals surface area contributed by atoms with Crippen LogP contribution in [0.25, 0.3) is 0 Å². The van der Waals surface area contributed by atoms with Crippen LogP contribution in [-0.2, 0) is 54.8 Å². The van der Waals surface area contributed by atoms with Gasteiger partial charge in [0.2, 0.25) is 0 Å². The van der Waals surface area contributed by atoms with E-state index < -0.39 is 127 Å². The zero-order chi connectivity index (χ0) is 51.8. The Morgan fingerprint density at radius 1 is 0.230 bits per heavy atom. The Balaban J connectivity index is -0.000000112. The Morgan fingerprint density at radius 2 is 0.311 bits per heavy atom. The molecule has 0 aliphatic heterocycles. The minimum atomic E-state index is -4.55. The molecule has 0 aliphatic carbocycles. The van der Waals surface area contributed by atoms with E-state index in [1.807, 2.05) is 0 Å². The summed E-state index contributed by atoms with van der Waals surface area (Å²) >= 11 is 0. The summed E-state index contributed by atoms with van der Waals surface area (Å²) < 4.78 is 118. The predicted molar refractivity (Wildman–Crippen MR) is 205 cm³/mol. The second-order valence-electron chi connectivity index (χ2n) is 10.2. The quantitative estimate of drug-likeness (QED) is 0.0506. The maximum atomic E-state index is 9.85. The first-order valence-corrected chi connectivity index (χ1v) is 34.9. The Hall–Kier alpha value is 1.68. The van der Waals surface area contributed by atoms with Gasteiger partial charge in [-0.2, -0.15) is 0 Å². The molecule has 0 aliphatic rings. The lowest BCUT2D eigenvalue weighted by Gasteiger charge is -2.03. The summed E-state index contributed by atoms with van der Waals surface area (Å²) in [5.74, 6) is -8.25. The maximum Gasteiger partial charge on any atom is 0.337 e. The molecule has 0 amide bonds. The normalized spacial score (nSPS) is 13.3. The number of nitrogens with two attached hydrogens (primary N) is 2. The zero-order valence-electron chi connectivity index (χ0n) is 29.7. The van der Waals surface area contributed by atoms with E-state index in [0.29, 0.717) is 13.1 Å². The van der Waals surface area contributed by atoms with Crippen LogP contribution in [0.15, 0.2) is 0 Å². The summed E-state index contributed by atoms with van der Waals surface area (Å²) in [5.41, 5.74) is 10.3. The van der Waals surface area contributed by atoms with Crippen LogP contribution < -0.4 is 16.8 Å². The van der Waals surface area contributed by atoms with Crippen LogP contribution >= 0.6 is 91.1 Å². The van der Waals surface area contributed by atoms with Gasteiger partial charge in [0.25, 0.3) is 0 Å². The summed E-state index contributed by atoms with van der Waals surface area (Å²) in [6.45, 7) is 3.13. The molecule has 0 saturated heterocycles. The lowest BCUT2D eigenvalue weighted by molar-refractivity contribution is 0.352. The second kappa shape index (κ2) is 31.7. The molecule has 29 N–H and O–H groups in total. The number of rotatable bonds is 16. The first-order valence-electron chi connectivity index (χ1n) is 13.3. The van der Waals surface area contributed by atoms with E-state index in [-0.39, 0.29) is 0 Å². The molecule has 0 aromatic rings. The highest BCUT2D eigenvalue weighted by Crippen LogP contribution is 2.54. The van der Waals surface area contributed by atoms with E-state index >= 15 is 0 Å². The van der Waals surface area contributed by atoms with Crippen molar-refractivity contribution < 1.29 is 172 Å². The maximum absolute atomic E-state index is 9.85. The highest BCUT2D eigenvalue weighted by molar-refractivity contribution is 7.71. The van der Waals surface area contributed by atoms with Gasteiger partial charge in [0.05, 0.1) is 0 Å². The van der Waals surface area contributed by atoms with Crippen molar-refractivity contribution in [2.75, 3.05) is 61.6 Å². The molecule has 0 heterocycles. The van der Waals surface area contributed by atoms with Crippen molar-refractivity contribution in [2.24, 2.45) is 11.5 Å². The predicted octanol–water partition coefficient (Wildman–Crippen LogP) is -5.71. The van der Waals surface area contributed by atoms with E-state index in [9.17, 15) is 54.8 Å². The molecular formula is C10H49N3O36P12. The van der Waals surface area contributed by atoms with Gasteiger partial charge in [0.15, 0.2) is 35.4 Å². The lowest BCUT2D eigenvalue weighted by Crippen LogP contribution is -2.27. The van der Waals surface area contributed by atoms with E-state index in [4.69, 9.17) is 129 Å². The standard InChI is InChI=1S/C4H13N3.6CH6O6P2/c5-1-3-7-4-2-6;6*2-8(3,4)1-9(5,6)7/h7H,1-6H2;6*1H2,(H2,2,3,4)(H2,5,6,7). The molecule has 0 radical (unpaired) electrons. The van der Waals surface area contributed by atoms with Crippen LogP contribution in [0, 0.1) is 0 Å². The van der Waals surface area contributed by atoms with Crippen LogP contribution in [0.4, 0.5) is 0 Å². The van der Waals surface area contributed by atoms with E-state index in [0.717, 1.165) is 13.1 Å². The average molecular weight is 1160 g/mol. The molecule has 0 atom stereocenters. The Bertz CT molecular complexity index is 1340. The van der Waals surface area contributed by atoms with Crippen molar-refractivity contribution in [2.45, 2.75) is 0 Å². The smallest absolute Gasteiger partial charge is 0.329 e. The first kappa shape index (κ1) is 76.9. The van der Waals surface area contributed by atoms with Crippen molar-refractivity contribution in [1.82, 2.24) is 5.32 Å². The van der Waals surface area contributed by atoms with Gasteiger partial charge in [0, 0.05) is 26.2 Å². The molecule has 0 rings (SSSR count). The summed E-state index contributed by atoms with van der Waals surface area (Å²) in [6.07, 6.45) is 0. The summed E-state index contributed by atoms with van der Waals surface area (Å²) in [5, 5.41) is 3.03. The molecule has 39 nitrogen and oxygen atoms in total. The second-order valence-corrected chi connectivity index (χ2v) is 32.9. The topological polar surface area (TPSA) is 754 Å². The van der Waals surface area contributed by atoms with Gasteiger partial charge in [-0.1, -0.05) is 0 Å². The average Bonchev–Trinajstić information content (AvgIpc) is 2.72. The van der Waals surface area contributed by atoms with Crippen molar-refractivity contribution in [3.63, 3.8) is 0 Å². The van der Waals surface area contributed by atoms with Crippen LogP contribution in [0.3, 0.4) is 0 Å². The van der Waals surface area contributed by atoms with Gasteiger partial charge in [0.1, 0.15) is 0 Å². The van der Waals surface area contributed by atoms with Crippen LogP contribution in [0.5, 0.6) is 0 Å². The Labute approximate surface area is 341 Å². The van der Waals surface area contributed by atoms with Gasteiger partial charge >= 0.3 is 91.1 Å². The lowest BCUT2D eigenvalue weighted by atomic mass is 10.6. The minimum absolute atomic E-state index is 0.694. The molecule has 0 aromatic carbocycles. The fourth-order valence-electron chi connectivity index (χ4n) is 1.77. The highest BCUT2D eigenvalue weighted by atomic mass is 31.3. The van der Waals surface area contributed by atoms with E-state index in [1.165, 1.54) is 0 Å². The van der Waals surface area contributed by atoms with E-state index in [2.05, 4.69) is 5.32 Å². The van der Waals surface area contributed by atoms with Gasteiger partial charge in [-0.05, 0) is 0 Å². The fourth-order valence-corrected chi connectivity index (χ4v) is 13.3. The number of hydrogen-bond donors (Lipinski definition) is 27. The van der Waals surface area contributed by atoms with Crippen molar-refractivity contribution in [1.29, 1.82) is 0 Å². The Morgan fingerprint density at radius 3 is 0.344 bits per heavy atom. The van der Waals surface area contributed by atoms with Crippen molar-refractivity contribution >= 4 is 91.1 Å². The van der Waals surface area contributed by atoms with Gasteiger partial charge in [-0.15, -0.1) is 0 Å². The summed E-state index contributed by atoms with van der Waals surface area (Å²) in [7, 11) is -54.6. The minimum Gasteiger partial charge on any atom is -0.329 e. The molecule has 0 bridgehead atoms. The van der Waals surface area contributed by atoms with E-state index in [1.54, 1.807) is 0 Å².